The zero-order chi connectivity index (χ0) is 26.1. The summed E-state index contributed by atoms with van der Waals surface area (Å²) in [5.74, 6) is -3.49. The SMILES string of the molecule is CC(C)CC(C(=O)O)c1cc(-c2ccc(C(F)(F)F)cc2)nc(-c2cc(F)cc(C(F)(F)F)c2)c1. The Morgan fingerprint density at radius 2 is 1.37 bits per heavy atom. The molecule has 0 amide bonds. The maximum atomic E-state index is 14.1. The standard InChI is InChI=1S/C25H20F7NO2/c1-13(2)7-20(23(34)35)15-10-21(14-3-5-17(6-4-14)24(27,28)29)33-22(11-15)16-8-18(25(30,31)32)12-19(26)9-16/h3-6,8-13,20H,7H2,1-2H3,(H,34,35). The Morgan fingerprint density at radius 3 is 1.86 bits per heavy atom. The van der Waals surface area contributed by atoms with Crippen LogP contribution in [0.25, 0.3) is 22.5 Å². The predicted molar refractivity (Wildman–Crippen MR) is 115 cm³/mol. The summed E-state index contributed by atoms with van der Waals surface area (Å²) in [6.07, 6.45) is -9.24. The van der Waals surface area contributed by atoms with Gasteiger partial charge in [-0.3, -0.25) is 4.79 Å². The number of hydrogen-bond acceptors (Lipinski definition) is 2. The van der Waals surface area contributed by atoms with E-state index in [2.05, 4.69) is 4.98 Å². The lowest BCUT2D eigenvalue weighted by Crippen LogP contribution is -2.15. The Balaban J connectivity index is 2.23. The molecule has 1 atom stereocenters. The van der Waals surface area contributed by atoms with E-state index in [1.54, 1.807) is 13.8 Å². The van der Waals surface area contributed by atoms with Crippen molar-refractivity contribution >= 4 is 5.97 Å². The molecule has 3 rings (SSSR count). The fourth-order valence-corrected chi connectivity index (χ4v) is 3.63. The van der Waals surface area contributed by atoms with Crippen molar-refractivity contribution in [1.82, 2.24) is 4.98 Å². The number of alkyl halides is 6. The number of halogens is 7. The summed E-state index contributed by atoms with van der Waals surface area (Å²) < 4.78 is 92.6. The van der Waals surface area contributed by atoms with Crippen molar-refractivity contribution in [2.45, 2.75) is 38.5 Å². The van der Waals surface area contributed by atoms with Crippen LogP contribution in [-0.2, 0) is 17.1 Å². The molecule has 0 saturated heterocycles. The molecule has 1 N–H and O–H groups in total. The van der Waals surface area contributed by atoms with Crippen molar-refractivity contribution in [3.63, 3.8) is 0 Å². The molecule has 0 aliphatic heterocycles. The summed E-state index contributed by atoms with van der Waals surface area (Å²) in [7, 11) is 0. The van der Waals surface area contributed by atoms with Gasteiger partial charge in [-0.15, -0.1) is 0 Å². The lowest BCUT2D eigenvalue weighted by molar-refractivity contribution is -0.139. The Labute approximate surface area is 196 Å². The third-order valence-corrected chi connectivity index (χ3v) is 5.28. The molecule has 0 saturated carbocycles. The molecule has 0 bridgehead atoms. The number of rotatable bonds is 6. The molecule has 0 aliphatic carbocycles. The minimum absolute atomic E-state index is 0.0408. The molecule has 186 valence electrons. The summed E-state index contributed by atoms with van der Waals surface area (Å²) in [5, 5.41) is 9.77. The van der Waals surface area contributed by atoms with Gasteiger partial charge in [0.05, 0.1) is 28.4 Å². The zero-order valence-corrected chi connectivity index (χ0v) is 18.5. The average molecular weight is 499 g/mol. The Morgan fingerprint density at radius 1 is 0.829 bits per heavy atom. The number of hydrogen-bond donors (Lipinski definition) is 1. The average Bonchev–Trinajstić information content (AvgIpc) is 2.75. The fraction of sp³-hybridized carbons (Fsp3) is 0.280. The van der Waals surface area contributed by atoms with Crippen LogP contribution in [0.2, 0.25) is 0 Å². The first-order chi connectivity index (χ1) is 16.1. The van der Waals surface area contributed by atoms with Crippen molar-refractivity contribution in [1.29, 1.82) is 0 Å². The molecular formula is C25H20F7NO2. The summed E-state index contributed by atoms with van der Waals surface area (Å²) >= 11 is 0. The van der Waals surface area contributed by atoms with Gasteiger partial charge in [0.25, 0.3) is 0 Å². The van der Waals surface area contributed by atoms with E-state index in [-0.39, 0.29) is 40.4 Å². The quantitative estimate of drug-likeness (QED) is 0.352. The number of carboxylic acids is 1. The van der Waals surface area contributed by atoms with E-state index in [0.717, 1.165) is 30.3 Å². The normalized spacial score (nSPS) is 13.2. The van der Waals surface area contributed by atoms with Crippen molar-refractivity contribution in [3.05, 3.63) is 77.1 Å². The van der Waals surface area contributed by atoms with Crippen LogP contribution in [-0.4, -0.2) is 16.1 Å². The first-order valence-corrected chi connectivity index (χ1v) is 10.5. The van der Waals surface area contributed by atoms with E-state index in [0.29, 0.717) is 12.1 Å². The van der Waals surface area contributed by atoms with Gasteiger partial charge in [0, 0.05) is 11.1 Å². The van der Waals surface area contributed by atoms with Gasteiger partial charge in [0.2, 0.25) is 0 Å². The molecule has 1 heterocycles. The van der Waals surface area contributed by atoms with E-state index in [9.17, 15) is 40.6 Å². The molecule has 3 nitrogen and oxygen atoms in total. The van der Waals surface area contributed by atoms with Crippen LogP contribution in [0.1, 0.15) is 42.9 Å². The third kappa shape index (κ3) is 6.37. The Hall–Kier alpha value is -3.43. The molecule has 10 heteroatoms. The van der Waals surface area contributed by atoms with Crippen LogP contribution in [0.4, 0.5) is 30.7 Å². The van der Waals surface area contributed by atoms with Crippen molar-refractivity contribution < 1.29 is 40.6 Å². The maximum absolute atomic E-state index is 14.1. The van der Waals surface area contributed by atoms with Crippen LogP contribution in [0.15, 0.2) is 54.6 Å². The molecule has 0 fully saturated rings. The van der Waals surface area contributed by atoms with E-state index >= 15 is 0 Å². The lowest BCUT2D eigenvalue weighted by Gasteiger charge is -2.18. The number of benzene rings is 2. The highest BCUT2D eigenvalue weighted by molar-refractivity contribution is 5.78. The van der Waals surface area contributed by atoms with Gasteiger partial charge < -0.3 is 5.11 Å². The van der Waals surface area contributed by atoms with Crippen LogP contribution in [0, 0.1) is 11.7 Å². The highest BCUT2D eigenvalue weighted by atomic mass is 19.4. The molecule has 0 radical (unpaired) electrons. The second-order valence-corrected chi connectivity index (χ2v) is 8.49. The molecule has 35 heavy (non-hydrogen) atoms. The first kappa shape index (κ1) is 26.2. The maximum Gasteiger partial charge on any atom is 0.416 e. The summed E-state index contributed by atoms with van der Waals surface area (Å²) in [5.41, 5.74) is -2.16. The second-order valence-electron chi connectivity index (χ2n) is 8.49. The van der Waals surface area contributed by atoms with Gasteiger partial charge in [-0.2, -0.15) is 26.3 Å². The van der Waals surface area contributed by atoms with E-state index in [1.165, 1.54) is 12.1 Å². The highest BCUT2D eigenvalue weighted by Gasteiger charge is 2.32. The van der Waals surface area contributed by atoms with Gasteiger partial charge in [0.1, 0.15) is 5.82 Å². The predicted octanol–water partition coefficient (Wildman–Crippen LogP) is 7.81. The lowest BCUT2D eigenvalue weighted by atomic mass is 9.89. The number of aromatic nitrogens is 1. The summed E-state index contributed by atoms with van der Waals surface area (Å²) in [4.78, 5) is 16.2. The largest absolute Gasteiger partial charge is 0.481 e. The molecule has 2 aromatic carbocycles. The summed E-state index contributed by atoms with van der Waals surface area (Å²) in [6, 6.07) is 8.36. The molecule has 1 unspecified atom stereocenters. The monoisotopic (exact) mass is 499 g/mol. The summed E-state index contributed by atoms with van der Waals surface area (Å²) in [6.45, 7) is 3.58. The van der Waals surface area contributed by atoms with Crippen LogP contribution < -0.4 is 0 Å². The number of nitrogens with zero attached hydrogens (tertiary/aromatic N) is 1. The van der Waals surface area contributed by atoms with Gasteiger partial charge >= 0.3 is 18.3 Å². The molecular weight excluding hydrogens is 479 g/mol. The number of carboxylic acid groups (broad SMARTS) is 1. The van der Waals surface area contributed by atoms with E-state index in [1.807, 2.05) is 0 Å². The second kappa shape index (κ2) is 9.67. The minimum atomic E-state index is -4.84. The number of carbonyl (C=O) groups is 1. The third-order valence-electron chi connectivity index (χ3n) is 5.28. The zero-order valence-electron chi connectivity index (χ0n) is 18.5. The van der Waals surface area contributed by atoms with Gasteiger partial charge in [-0.1, -0.05) is 26.0 Å². The van der Waals surface area contributed by atoms with Crippen molar-refractivity contribution in [2.75, 3.05) is 0 Å². The van der Waals surface area contributed by atoms with E-state index < -0.39 is 41.2 Å². The van der Waals surface area contributed by atoms with Gasteiger partial charge in [-0.05, 0) is 60.4 Å². The molecule has 0 aliphatic rings. The fourth-order valence-electron chi connectivity index (χ4n) is 3.63. The molecule has 1 aromatic heterocycles. The highest BCUT2D eigenvalue weighted by Crippen LogP contribution is 2.36. The Kier molecular flexibility index (Phi) is 7.23. The van der Waals surface area contributed by atoms with Crippen LogP contribution in [0.3, 0.4) is 0 Å². The topological polar surface area (TPSA) is 50.2 Å². The van der Waals surface area contributed by atoms with E-state index in [4.69, 9.17) is 0 Å². The smallest absolute Gasteiger partial charge is 0.416 e. The van der Waals surface area contributed by atoms with Gasteiger partial charge in [-0.25, -0.2) is 9.37 Å². The molecule has 0 spiro atoms. The Bertz CT molecular complexity index is 1220. The van der Waals surface area contributed by atoms with Crippen LogP contribution >= 0.6 is 0 Å². The molecule has 3 aromatic rings. The van der Waals surface area contributed by atoms with Crippen molar-refractivity contribution in [3.8, 4) is 22.5 Å². The minimum Gasteiger partial charge on any atom is -0.481 e. The van der Waals surface area contributed by atoms with Crippen molar-refractivity contribution in [2.24, 2.45) is 5.92 Å². The van der Waals surface area contributed by atoms with Crippen LogP contribution in [0.5, 0.6) is 0 Å². The number of pyridine rings is 1. The number of aliphatic carboxylic acids is 1. The first-order valence-electron chi connectivity index (χ1n) is 10.5. The van der Waals surface area contributed by atoms with Gasteiger partial charge in [0.15, 0.2) is 0 Å².